The molecule has 34 heavy (non-hydrogen) atoms. The summed E-state index contributed by atoms with van der Waals surface area (Å²) in [6.07, 6.45) is 2.57. The zero-order valence-electron chi connectivity index (χ0n) is 19.7. The van der Waals surface area contributed by atoms with Crippen molar-refractivity contribution in [3.05, 3.63) is 77.7 Å². The van der Waals surface area contributed by atoms with Crippen molar-refractivity contribution in [2.75, 3.05) is 25.0 Å². The van der Waals surface area contributed by atoms with Crippen LogP contribution in [0.15, 0.2) is 60.7 Å². The molecule has 0 bridgehead atoms. The number of benzene rings is 2. The Labute approximate surface area is 200 Å². The van der Waals surface area contributed by atoms with E-state index in [1.165, 1.54) is 0 Å². The average molecular weight is 459 g/mol. The second kappa shape index (κ2) is 9.43. The maximum atomic E-state index is 13.2. The molecule has 0 aliphatic carbocycles. The number of aromatic nitrogens is 2. The van der Waals surface area contributed by atoms with E-state index < -0.39 is 0 Å². The van der Waals surface area contributed by atoms with E-state index in [2.05, 4.69) is 15.3 Å². The van der Waals surface area contributed by atoms with Gasteiger partial charge >= 0.3 is 0 Å². The van der Waals surface area contributed by atoms with Gasteiger partial charge in [-0.15, -0.1) is 0 Å². The molecule has 7 heteroatoms. The maximum absolute atomic E-state index is 13.2. The minimum Gasteiger partial charge on any atom is -0.488 e. The maximum Gasteiger partial charge on any atom is 0.253 e. The van der Waals surface area contributed by atoms with Gasteiger partial charge in [-0.2, -0.15) is 0 Å². The van der Waals surface area contributed by atoms with Crippen molar-refractivity contribution in [3.63, 3.8) is 0 Å². The van der Waals surface area contributed by atoms with Crippen molar-refractivity contribution in [2.45, 2.75) is 44.8 Å². The van der Waals surface area contributed by atoms with Gasteiger partial charge in [0.15, 0.2) is 0 Å². The Morgan fingerprint density at radius 1 is 1.06 bits per heavy atom. The molecule has 0 saturated carbocycles. The number of rotatable bonds is 5. The quantitative estimate of drug-likeness (QED) is 0.598. The van der Waals surface area contributed by atoms with Gasteiger partial charge in [-0.3, -0.25) is 4.79 Å². The largest absolute Gasteiger partial charge is 0.488 e. The van der Waals surface area contributed by atoms with E-state index >= 15 is 0 Å². The number of amides is 1. The molecule has 1 spiro atoms. The first-order valence-electron chi connectivity index (χ1n) is 11.8. The van der Waals surface area contributed by atoms with E-state index in [1.807, 2.05) is 79.4 Å². The van der Waals surface area contributed by atoms with Crippen molar-refractivity contribution < 1.29 is 14.3 Å². The van der Waals surface area contributed by atoms with E-state index in [9.17, 15) is 4.79 Å². The number of anilines is 2. The highest BCUT2D eigenvalue weighted by atomic mass is 16.6. The third-order valence-electron chi connectivity index (χ3n) is 6.53. The van der Waals surface area contributed by atoms with Gasteiger partial charge in [0.05, 0.1) is 12.2 Å². The normalized spacial score (nSPS) is 19.2. The number of ether oxygens (including phenoxy) is 2. The second-order valence-corrected chi connectivity index (χ2v) is 9.19. The lowest BCUT2D eigenvalue weighted by Gasteiger charge is -2.38. The molecule has 0 unspecified atom stereocenters. The van der Waals surface area contributed by atoms with Gasteiger partial charge in [0.25, 0.3) is 5.91 Å². The number of hydrogen-bond donors (Lipinski definition) is 1. The molecule has 2 fully saturated rings. The lowest BCUT2D eigenvalue weighted by atomic mass is 9.87. The van der Waals surface area contributed by atoms with Crippen LogP contribution in [0.25, 0.3) is 0 Å². The highest BCUT2D eigenvalue weighted by Gasteiger charge is 2.44. The minimum atomic E-state index is -0.192. The summed E-state index contributed by atoms with van der Waals surface area (Å²) in [4.78, 5) is 23.9. The number of piperidine rings is 1. The molecule has 0 radical (unpaired) electrons. The molecular formula is C27H30N4O3. The molecule has 1 atom stereocenters. The number of nitrogens with zero attached hydrogens (tertiary/aromatic N) is 3. The first-order valence-corrected chi connectivity index (χ1v) is 11.8. The van der Waals surface area contributed by atoms with E-state index in [-0.39, 0.29) is 17.6 Å². The smallest absolute Gasteiger partial charge is 0.253 e. The van der Waals surface area contributed by atoms with Crippen molar-refractivity contribution in [1.29, 1.82) is 0 Å². The van der Waals surface area contributed by atoms with E-state index in [4.69, 9.17) is 9.47 Å². The van der Waals surface area contributed by atoms with Gasteiger partial charge in [-0.1, -0.05) is 24.3 Å². The van der Waals surface area contributed by atoms with Gasteiger partial charge in [-0.25, -0.2) is 9.97 Å². The summed E-state index contributed by atoms with van der Waals surface area (Å²) in [6, 6.07) is 19.4. The standard InChI is InChI=1S/C27H30N4O3/c1-19-15-25(29-20(2)28-19)30-22-8-6-7-21(16-22)26(32)31-13-11-27(12-14-31)17-24(18-33-27)34-23-9-4-3-5-10-23/h3-10,15-16,24H,11-14,17-18H2,1-2H3,(H,28,29,30)/t24-/m0/s1. The summed E-state index contributed by atoms with van der Waals surface area (Å²) in [5.41, 5.74) is 2.20. The van der Waals surface area contributed by atoms with Crippen molar-refractivity contribution >= 4 is 17.4 Å². The predicted octanol–water partition coefficient (Wildman–Crippen LogP) is 4.68. The van der Waals surface area contributed by atoms with E-state index in [1.54, 1.807) is 0 Å². The van der Waals surface area contributed by atoms with Crippen LogP contribution in [-0.4, -0.2) is 52.2 Å². The number of nitrogens with one attached hydrogen (secondary N) is 1. The van der Waals surface area contributed by atoms with Crippen LogP contribution >= 0.6 is 0 Å². The molecule has 176 valence electrons. The Morgan fingerprint density at radius 3 is 2.62 bits per heavy atom. The number of hydrogen-bond acceptors (Lipinski definition) is 6. The molecule has 2 aliphatic rings. The summed E-state index contributed by atoms with van der Waals surface area (Å²) >= 11 is 0. The van der Waals surface area contributed by atoms with Crippen LogP contribution in [-0.2, 0) is 4.74 Å². The predicted molar refractivity (Wildman–Crippen MR) is 131 cm³/mol. The summed E-state index contributed by atoms with van der Waals surface area (Å²) in [7, 11) is 0. The summed E-state index contributed by atoms with van der Waals surface area (Å²) in [5, 5.41) is 3.29. The number of carbonyl (C=O) groups is 1. The molecule has 7 nitrogen and oxygen atoms in total. The molecule has 1 aromatic heterocycles. The van der Waals surface area contributed by atoms with Crippen LogP contribution in [0.4, 0.5) is 11.5 Å². The van der Waals surface area contributed by atoms with Gasteiger partial charge in [-0.05, 0) is 57.0 Å². The lowest BCUT2D eigenvalue weighted by molar-refractivity contribution is -0.0395. The Kier molecular flexibility index (Phi) is 6.20. The van der Waals surface area contributed by atoms with Crippen molar-refractivity contribution in [3.8, 4) is 5.75 Å². The van der Waals surface area contributed by atoms with E-state index in [0.29, 0.717) is 31.1 Å². The summed E-state index contributed by atoms with van der Waals surface area (Å²) in [6.45, 7) is 5.76. The highest BCUT2D eigenvalue weighted by molar-refractivity contribution is 5.95. The Morgan fingerprint density at radius 2 is 1.85 bits per heavy atom. The van der Waals surface area contributed by atoms with Crippen LogP contribution in [0.1, 0.15) is 41.1 Å². The van der Waals surface area contributed by atoms with Gasteiger partial charge in [0.2, 0.25) is 0 Å². The second-order valence-electron chi connectivity index (χ2n) is 9.19. The number of likely N-dealkylation sites (tertiary alicyclic amines) is 1. The fourth-order valence-corrected chi connectivity index (χ4v) is 4.88. The molecule has 2 aromatic carbocycles. The Hall–Kier alpha value is -3.45. The molecule has 5 rings (SSSR count). The average Bonchev–Trinajstić information content (AvgIpc) is 3.21. The zero-order valence-corrected chi connectivity index (χ0v) is 19.7. The number of carbonyl (C=O) groups excluding carboxylic acids is 1. The molecule has 1 N–H and O–H groups in total. The zero-order chi connectivity index (χ0) is 23.5. The SMILES string of the molecule is Cc1cc(Nc2cccc(C(=O)N3CCC4(CC3)C[C@H](Oc3ccccc3)CO4)c2)nc(C)n1. The lowest BCUT2D eigenvalue weighted by Crippen LogP contribution is -2.46. The topological polar surface area (TPSA) is 76.6 Å². The molecular weight excluding hydrogens is 428 g/mol. The number of aryl methyl sites for hydroxylation is 2. The molecule has 2 aliphatic heterocycles. The monoisotopic (exact) mass is 458 g/mol. The van der Waals surface area contributed by atoms with Crippen LogP contribution < -0.4 is 10.1 Å². The first kappa shape index (κ1) is 22.3. The van der Waals surface area contributed by atoms with E-state index in [0.717, 1.165) is 42.2 Å². The van der Waals surface area contributed by atoms with Gasteiger partial charge in [0, 0.05) is 42.5 Å². The van der Waals surface area contributed by atoms with Crippen LogP contribution in [0.5, 0.6) is 5.75 Å². The van der Waals surface area contributed by atoms with Gasteiger partial charge < -0.3 is 19.7 Å². The molecule has 1 amide bonds. The third-order valence-corrected chi connectivity index (χ3v) is 6.53. The van der Waals surface area contributed by atoms with Crippen molar-refractivity contribution in [1.82, 2.24) is 14.9 Å². The molecule has 3 aromatic rings. The first-order chi connectivity index (χ1) is 16.5. The molecule has 3 heterocycles. The minimum absolute atomic E-state index is 0.0450. The number of para-hydroxylation sites is 1. The fourth-order valence-electron chi connectivity index (χ4n) is 4.88. The van der Waals surface area contributed by atoms with Crippen LogP contribution in [0.3, 0.4) is 0 Å². The van der Waals surface area contributed by atoms with Gasteiger partial charge in [0.1, 0.15) is 23.5 Å². The van der Waals surface area contributed by atoms with Crippen LogP contribution in [0.2, 0.25) is 0 Å². The fraction of sp³-hybridized carbons (Fsp3) is 0.370. The van der Waals surface area contributed by atoms with Crippen molar-refractivity contribution in [2.24, 2.45) is 0 Å². The Balaban J connectivity index is 1.19. The molecule has 2 saturated heterocycles. The summed E-state index contributed by atoms with van der Waals surface area (Å²) < 4.78 is 12.3. The summed E-state index contributed by atoms with van der Waals surface area (Å²) in [5.74, 6) is 2.35. The Bertz CT molecular complexity index is 1140. The van der Waals surface area contributed by atoms with Crippen LogP contribution in [0, 0.1) is 13.8 Å². The third kappa shape index (κ3) is 5.04. The highest BCUT2D eigenvalue weighted by Crippen LogP contribution is 2.37.